The molecule has 9 rings (SSSR count). The fraction of sp³-hybridized carbons (Fsp3) is 0. The molecule has 0 amide bonds. The van der Waals surface area contributed by atoms with Crippen LogP contribution >= 0.6 is 46.4 Å². The Labute approximate surface area is 312 Å². The van der Waals surface area contributed by atoms with E-state index in [1.807, 2.05) is 36.4 Å². The van der Waals surface area contributed by atoms with Crippen LogP contribution in [0.3, 0.4) is 0 Å². The number of hydrogen-bond acceptors (Lipinski definition) is 2. The van der Waals surface area contributed by atoms with Crippen LogP contribution in [-0.4, -0.2) is 13.4 Å². The van der Waals surface area contributed by atoms with E-state index in [9.17, 15) is 0 Å². The van der Waals surface area contributed by atoms with Gasteiger partial charge >= 0.3 is 0 Å². The Morgan fingerprint density at radius 3 is 0.880 bits per heavy atom. The highest BCUT2D eigenvalue weighted by Crippen LogP contribution is 2.38. The zero-order valence-electron chi connectivity index (χ0n) is 26.6. The van der Waals surface area contributed by atoms with Crippen molar-refractivity contribution in [1.82, 2.24) is 0 Å². The summed E-state index contributed by atoms with van der Waals surface area (Å²) in [6.45, 7) is -0.176. The first-order valence-corrected chi connectivity index (χ1v) is 17.9. The molecule has 238 valence electrons. The quantitative estimate of drug-likeness (QED) is 0.168. The molecule has 0 fully saturated rings. The second-order valence-electron chi connectivity index (χ2n) is 12.7. The molecule has 0 radical (unpaired) electrons. The second kappa shape index (κ2) is 12.6. The Morgan fingerprint density at radius 1 is 0.320 bits per heavy atom. The molecular weight excluding hydrogens is 696 g/mol. The van der Waals surface area contributed by atoms with Gasteiger partial charge in [-0.25, -0.2) is 0 Å². The molecule has 2 nitrogen and oxygen atoms in total. The van der Waals surface area contributed by atoms with Gasteiger partial charge in [0.25, 0.3) is 0 Å². The van der Waals surface area contributed by atoms with Gasteiger partial charge in [-0.05, 0) is 119 Å². The van der Waals surface area contributed by atoms with Gasteiger partial charge in [-0.3, -0.25) is 0 Å². The summed E-state index contributed by atoms with van der Waals surface area (Å²) in [5.74, 6) is 0. The van der Waals surface area contributed by atoms with Gasteiger partial charge in [-0.15, -0.1) is 0 Å². The summed E-state index contributed by atoms with van der Waals surface area (Å²) in [5.41, 5.74) is 13.3. The zero-order valence-corrected chi connectivity index (χ0v) is 29.6. The van der Waals surface area contributed by atoms with Crippen LogP contribution < -0.4 is 42.6 Å². The monoisotopic (exact) mass is 720 g/mol. The normalized spacial score (nSPS) is 13.0. The maximum atomic E-state index is 6.72. The lowest BCUT2D eigenvalue weighted by Crippen LogP contribution is -2.59. The zero-order chi connectivity index (χ0) is 33.9. The largest absolute Gasteiger partial charge is 0.312 e. The van der Waals surface area contributed by atoms with Gasteiger partial charge < -0.3 is 9.80 Å². The van der Waals surface area contributed by atoms with Gasteiger partial charge in [0.15, 0.2) is 0 Å². The van der Waals surface area contributed by atoms with Crippen LogP contribution in [0, 0.1) is 0 Å². The van der Waals surface area contributed by atoms with E-state index < -0.39 is 0 Å². The topological polar surface area (TPSA) is 6.48 Å². The van der Waals surface area contributed by atoms with Gasteiger partial charge in [-0.1, -0.05) is 118 Å². The number of fused-ring (bicyclic) bond motifs is 4. The summed E-state index contributed by atoms with van der Waals surface area (Å²) in [5, 5.41) is 2.76. The molecule has 50 heavy (non-hydrogen) atoms. The van der Waals surface area contributed by atoms with E-state index in [4.69, 9.17) is 46.4 Å². The van der Waals surface area contributed by atoms with E-state index in [1.165, 1.54) is 0 Å². The van der Waals surface area contributed by atoms with Crippen LogP contribution in [0.25, 0.3) is 0 Å². The Morgan fingerprint density at radius 2 is 0.600 bits per heavy atom. The third-order valence-corrected chi connectivity index (χ3v) is 10.7. The molecule has 7 aromatic carbocycles. The first kappa shape index (κ1) is 31.4. The van der Waals surface area contributed by atoms with E-state index in [-0.39, 0.29) is 13.4 Å². The van der Waals surface area contributed by atoms with Gasteiger partial charge in [0.2, 0.25) is 13.4 Å². The lowest BCUT2D eigenvalue weighted by molar-refractivity contribution is 1.29. The smallest absolute Gasteiger partial charge is 0.246 e. The van der Waals surface area contributed by atoms with Crippen molar-refractivity contribution in [3.63, 3.8) is 0 Å². The van der Waals surface area contributed by atoms with Crippen LogP contribution in [0.4, 0.5) is 34.1 Å². The van der Waals surface area contributed by atoms with Crippen LogP contribution in [-0.2, 0) is 0 Å². The van der Waals surface area contributed by atoms with Gasteiger partial charge in [0.1, 0.15) is 0 Å². The Hall–Kier alpha value is -4.57. The highest BCUT2D eigenvalue weighted by atomic mass is 35.5. The molecule has 0 aromatic heterocycles. The summed E-state index contributed by atoms with van der Waals surface area (Å²) in [7, 11) is 0. The maximum absolute atomic E-state index is 6.72. The van der Waals surface area contributed by atoms with Gasteiger partial charge in [0.05, 0.1) is 0 Å². The Kier molecular flexibility index (Phi) is 7.94. The highest BCUT2D eigenvalue weighted by molar-refractivity contribution is 6.99. The van der Waals surface area contributed by atoms with E-state index >= 15 is 0 Å². The molecular formula is C42H26B2Cl4N2. The lowest BCUT2D eigenvalue weighted by Gasteiger charge is -2.38. The van der Waals surface area contributed by atoms with Crippen LogP contribution in [0.15, 0.2) is 158 Å². The maximum Gasteiger partial charge on any atom is 0.246 e. The number of hydrogen-bond donors (Lipinski definition) is 0. The average Bonchev–Trinajstić information content (AvgIpc) is 3.13. The summed E-state index contributed by atoms with van der Waals surface area (Å²) in [6.07, 6.45) is 0. The van der Waals surface area contributed by atoms with Crippen LogP contribution in [0.2, 0.25) is 20.1 Å². The minimum Gasteiger partial charge on any atom is -0.312 e. The Balaban J connectivity index is 1.20. The second-order valence-corrected chi connectivity index (χ2v) is 14.4. The van der Waals surface area contributed by atoms with Crippen LogP contribution in [0.1, 0.15) is 0 Å². The number of para-hydroxylation sites is 2. The summed E-state index contributed by atoms with van der Waals surface area (Å²) < 4.78 is 0. The predicted molar refractivity (Wildman–Crippen MR) is 218 cm³/mol. The van der Waals surface area contributed by atoms with Crippen molar-refractivity contribution in [3.8, 4) is 0 Å². The first-order valence-electron chi connectivity index (χ1n) is 16.4. The summed E-state index contributed by atoms with van der Waals surface area (Å²) in [4.78, 5) is 4.59. The molecule has 0 N–H and O–H groups in total. The van der Waals surface area contributed by atoms with Crippen molar-refractivity contribution in [3.05, 3.63) is 178 Å². The summed E-state index contributed by atoms with van der Waals surface area (Å²) >= 11 is 26.9. The minimum atomic E-state index is -0.0881. The molecule has 0 atom stereocenters. The molecule has 0 bridgehead atoms. The number of nitrogens with zero attached hydrogens (tertiary/aromatic N) is 2. The number of anilines is 6. The molecule has 0 aliphatic carbocycles. The highest BCUT2D eigenvalue weighted by Gasteiger charge is 2.38. The van der Waals surface area contributed by atoms with Crippen molar-refractivity contribution in [1.29, 1.82) is 0 Å². The third kappa shape index (κ3) is 5.30. The fourth-order valence-corrected chi connectivity index (χ4v) is 8.47. The fourth-order valence-electron chi connectivity index (χ4n) is 7.75. The molecule has 8 heteroatoms. The van der Waals surface area contributed by atoms with E-state index in [0.717, 1.165) is 66.9 Å². The van der Waals surface area contributed by atoms with Crippen molar-refractivity contribution in [2.75, 3.05) is 9.80 Å². The average molecular weight is 722 g/mol. The molecule has 0 spiro atoms. The van der Waals surface area contributed by atoms with Gasteiger partial charge in [-0.2, -0.15) is 0 Å². The molecule has 7 aromatic rings. The molecule has 2 aliphatic rings. The Bertz CT molecular complexity index is 2130. The standard InChI is InChI=1S/C42H26B2Cl4N2/c45-29-15-19-39-35(23-29)43(36-24-30(46)16-20-40(36)49(39)33-7-3-1-4-8-33)27-11-13-28(14-12-27)44-37-25-31(47)17-21-41(37)50(34-9-5-2-6-10-34)42-22-18-32(48)26-38(42)44/h1-26H. The molecule has 2 aliphatic heterocycles. The first-order chi connectivity index (χ1) is 24.4. The number of benzene rings is 7. The predicted octanol–water partition coefficient (Wildman–Crippen LogP) is 8.90. The molecule has 0 unspecified atom stereocenters. The van der Waals surface area contributed by atoms with E-state index in [0.29, 0.717) is 20.1 Å². The molecule has 2 heterocycles. The van der Waals surface area contributed by atoms with Crippen molar-refractivity contribution >= 4 is 127 Å². The third-order valence-electron chi connectivity index (χ3n) is 9.80. The summed E-state index contributed by atoms with van der Waals surface area (Å²) in [6, 6.07) is 54.5. The van der Waals surface area contributed by atoms with Crippen molar-refractivity contribution in [2.24, 2.45) is 0 Å². The van der Waals surface area contributed by atoms with Crippen LogP contribution in [0.5, 0.6) is 0 Å². The minimum absolute atomic E-state index is 0.0881. The van der Waals surface area contributed by atoms with Crippen molar-refractivity contribution < 1.29 is 0 Å². The number of rotatable bonds is 4. The molecule has 0 saturated heterocycles. The molecule has 0 saturated carbocycles. The van der Waals surface area contributed by atoms with E-state index in [1.54, 1.807) is 0 Å². The van der Waals surface area contributed by atoms with Crippen molar-refractivity contribution in [2.45, 2.75) is 0 Å². The number of halogens is 4. The lowest BCUT2D eigenvalue weighted by atomic mass is 9.33. The van der Waals surface area contributed by atoms with E-state index in [2.05, 4.69) is 131 Å². The van der Waals surface area contributed by atoms with Gasteiger partial charge in [0, 0.05) is 54.2 Å². The SMILES string of the molecule is Clc1ccc2c(c1)B(c1ccc(B3c4cc(Cl)ccc4N(c4ccccc4)c4ccc(Cl)cc43)cc1)c1cc(Cl)ccc1N2c1ccccc1.